The number of carbonyl (C=O) groups excluding carboxylic acids is 1. The van der Waals surface area contributed by atoms with Crippen molar-refractivity contribution in [2.75, 3.05) is 27.2 Å². The van der Waals surface area contributed by atoms with Crippen molar-refractivity contribution in [3.8, 4) is 0 Å². The molecule has 1 atom stereocenters. The highest BCUT2D eigenvalue weighted by Gasteiger charge is 2.26. The third kappa shape index (κ3) is 11.4. The van der Waals surface area contributed by atoms with Crippen LogP contribution in [0.4, 0.5) is 0 Å². The molecule has 0 spiro atoms. The third-order valence-corrected chi connectivity index (χ3v) is 3.52. The van der Waals surface area contributed by atoms with E-state index in [-0.39, 0.29) is 18.7 Å². The van der Waals surface area contributed by atoms with Crippen molar-refractivity contribution in [3.63, 3.8) is 0 Å². The van der Waals surface area contributed by atoms with Crippen LogP contribution in [0.15, 0.2) is 12.2 Å². The summed E-state index contributed by atoms with van der Waals surface area (Å²) in [6, 6.07) is 0. The number of hydrogen-bond donors (Lipinski definition) is 1. The van der Waals surface area contributed by atoms with Crippen molar-refractivity contribution in [1.82, 2.24) is 5.32 Å². The minimum Gasteiger partial charge on any atom is -0.726 e. The molecule has 0 saturated heterocycles. The normalized spacial score (nSPS) is 12.9. The zero-order chi connectivity index (χ0) is 17.3. The van der Waals surface area contributed by atoms with Gasteiger partial charge in [0.25, 0.3) is 5.91 Å². The Hall–Kier alpha value is -0.960. The molecule has 0 aromatic heterocycles. The zero-order valence-electron chi connectivity index (χ0n) is 13.8. The number of amides is 1. The highest BCUT2D eigenvalue weighted by molar-refractivity contribution is 7.80. The number of carbonyl (C=O) groups is 1. The zero-order valence-corrected chi connectivity index (χ0v) is 14.6. The Morgan fingerprint density at radius 2 is 1.81 bits per heavy atom. The summed E-state index contributed by atoms with van der Waals surface area (Å²) in [4.78, 5) is 11.5. The van der Waals surface area contributed by atoms with E-state index in [0.29, 0.717) is 5.57 Å². The minimum absolute atomic E-state index is 0.0449. The monoisotopic (exact) mass is 324 g/mol. The van der Waals surface area contributed by atoms with E-state index in [1.807, 2.05) is 0 Å². The lowest BCUT2D eigenvalue weighted by molar-refractivity contribution is -0.915. The van der Waals surface area contributed by atoms with Crippen molar-refractivity contribution in [1.29, 1.82) is 0 Å². The molecule has 0 bridgehead atoms. The minimum atomic E-state index is -4.42. The van der Waals surface area contributed by atoms with Crippen LogP contribution in [0.1, 0.15) is 34.1 Å². The summed E-state index contributed by atoms with van der Waals surface area (Å²) in [6.07, 6.45) is 1.10. The first kappa shape index (κ1) is 22.3. The van der Waals surface area contributed by atoms with Crippen LogP contribution in [0.2, 0.25) is 0 Å². The molecule has 0 aliphatic rings. The lowest BCUT2D eigenvalue weighted by atomic mass is 10.2. The SMILES string of the molecule is C=C(C)C(=O)NC(CC)[N+](C)(C)CC.CCOS(=O)(=O)[O-]. The van der Waals surface area contributed by atoms with Crippen LogP contribution in [-0.4, -0.2) is 56.8 Å². The molecule has 0 saturated carbocycles. The van der Waals surface area contributed by atoms with Crippen LogP contribution in [0.25, 0.3) is 0 Å². The van der Waals surface area contributed by atoms with Gasteiger partial charge in [-0.05, 0) is 20.8 Å². The molecule has 1 unspecified atom stereocenters. The summed E-state index contributed by atoms with van der Waals surface area (Å²) < 4.78 is 32.8. The van der Waals surface area contributed by atoms with Gasteiger partial charge >= 0.3 is 0 Å². The molecule has 0 aliphatic heterocycles. The predicted octanol–water partition coefficient (Wildman–Crippen LogP) is 0.994. The Morgan fingerprint density at radius 3 is 2.00 bits per heavy atom. The first-order chi connectivity index (χ1) is 9.41. The van der Waals surface area contributed by atoms with Gasteiger partial charge in [-0.2, -0.15) is 0 Å². The van der Waals surface area contributed by atoms with Gasteiger partial charge in [0.2, 0.25) is 10.4 Å². The van der Waals surface area contributed by atoms with Crippen molar-refractivity contribution in [3.05, 3.63) is 12.2 Å². The van der Waals surface area contributed by atoms with Crippen LogP contribution in [0.5, 0.6) is 0 Å². The molecule has 1 amide bonds. The summed E-state index contributed by atoms with van der Waals surface area (Å²) >= 11 is 0. The summed E-state index contributed by atoms with van der Waals surface area (Å²) in [7, 11) is -0.188. The maximum absolute atomic E-state index is 11.5. The standard InChI is InChI=1S/C11H22N2O.C2H6O4S/c1-7-10(13(5,6)8-2)12-11(14)9(3)4;1-2-6-7(3,4)5/h10H,3,7-8H2,1-2,4-6H3;2H2,1H3,(H,3,4,5). The molecule has 0 aromatic carbocycles. The largest absolute Gasteiger partial charge is 0.726 e. The van der Waals surface area contributed by atoms with Crippen molar-refractivity contribution in [2.45, 2.75) is 40.3 Å². The molecule has 0 fully saturated rings. The van der Waals surface area contributed by atoms with Gasteiger partial charge < -0.3 is 14.4 Å². The fourth-order valence-electron chi connectivity index (χ4n) is 1.41. The lowest BCUT2D eigenvalue weighted by Crippen LogP contribution is -2.57. The fraction of sp³-hybridized carbons (Fsp3) is 0.769. The van der Waals surface area contributed by atoms with Crippen LogP contribution < -0.4 is 5.32 Å². The number of nitrogens with one attached hydrogen (secondary N) is 1. The molecule has 0 aliphatic carbocycles. The molecule has 8 heteroatoms. The van der Waals surface area contributed by atoms with Gasteiger partial charge in [-0.3, -0.25) is 8.98 Å². The summed E-state index contributed by atoms with van der Waals surface area (Å²) in [5.74, 6) is -0.0449. The topological polar surface area (TPSA) is 95.5 Å². The second-order valence-electron chi connectivity index (χ2n) is 5.09. The fourth-order valence-corrected chi connectivity index (χ4v) is 1.70. The molecular formula is C13H28N2O5S. The number of hydrogen-bond acceptors (Lipinski definition) is 5. The Balaban J connectivity index is 0. The van der Waals surface area contributed by atoms with E-state index in [1.165, 1.54) is 6.92 Å². The summed E-state index contributed by atoms with van der Waals surface area (Å²) in [6.45, 7) is 11.9. The van der Waals surface area contributed by atoms with E-state index in [4.69, 9.17) is 0 Å². The van der Waals surface area contributed by atoms with Crippen LogP contribution >= 0.6 is 0 Å². The first-order valence-corrected chi connectivity index (χ1v) is 8.13. The Morgan fingerprint density at radius 1 is 1.33 bits per heavy atom. The summed E-state index contributed by atoms with van der Waals surface area (Å²) in [5.41, 5.74) is 0.569. The van der Waals surface area contributed by atoms with E-state index in [1.54, 1.807) is 6.92 Å². The van der Waals surface area contributed by atoms with Crippen molar-refractivity contribution in [2.24, 2.45) is 0 Å². The highest BCUT2D eigenvalue weighted by Crippen LogP contribution is 2.07. The van der Waals surface area contributed by atoms with Crippen molar-refractivity contribution >= 4 is 16.3 Å². The molecule has 21 heavy (non-hydrogen) atoms. The smallest absolute Gasteiger partial charge is 0.250 e. The van der Waals surface area contributed by atoms with Crippen LogP contribution in [0, 0.1) is 0 Å². The molecule has 1 N–H and O–H groups in total. The Bertz CT molecular complexity index is 432. The average molecular weight is 324 g/mol. The van der Waals surface area contributed by atoms with Gasteiger partial charge in [0, 0.05) is 12.0 Å². The molecule has 0 rings (SSSR count). The quantitative estimate of drug-likeness (QED) is 0.248. The maximum Gasteiger partial charge on any atom is 0.250 e. The molecule has 0 radical (unpaired) electrons. The molecule has 7 nitrogen and oxygen atoms in total. The number of quaternary nitrogens is 1. The number of rotatable bonds is 7. The second kappa shape index (κ2) is 9.88. The Kier molecular flexibility index (Phi) is 10.5. The van der Waals surface area contributed by atoms with Crippen LogP contribution in [-0.2, 0) is 19.4 Å². The van der Waals surface area contributed by atoms with Crippen LogP contribution in [0.3, 0.4) is 0 Å². The van der Waals surface area contributed by atoms with Gasteiger partial charge in [0.15, 0.2) is 6.17 Å². The third-order valence-electron chi connectivity index (χ3n) is 2.99. The average Bonchev–Trinajstić information content (AvgIpc) is 2.34. The Labute approximate surface area is 128 Å². The van der Waals surface area contributed by atoms with Gasteiger partial charge in [0.1, 0.15) is 0 Å². The van der Waals surface area contributed by atoms with Gasteiger partial charge in [0.05, 0.1) is 27.2 Å². The van der Waals surface area contributed by atoms with E-state index >= 15 is 0 Å². The maximum atomic E-state index is 11.5. The van der Waals surface area contributed by atoms with E-state index in [2.05, 4.69) is 44.0 Å². The van der Waals surface area contributed by atoms with Gasteiger partial charge in [-0.1, -0.05) is 13.5 Å². The van der Waals surface area contributed by atoms with Crippen molar-refractivity contribution < 1.29 is 26.4 Å². The second-order valence-corrected chi connectivity index (χ2v) is 6.14. The molecule has 126 valence electrons. The first-order valence-electron chi connectivity index (χ1n) is 6.80. The van der Waals surface area contributed by atoms with Gasteiger partial charge in [-0.25, -0.2) is 8.42 Å². The van der Waals surface area contributed by atoms with E-state index < -0.39 is 10.4 Å². The molecule has 0 heterocycles. The van der Waals surface area contributed by atoms with E-state index in [9.17, 15) is 17.8 Å². The van der Waals surface area contributed by atoms with E-state index in [0.717, 1.165) is 17.4 Å². The van der Waals surface area contributed by atoms with Gasteiger partial charge in [-0.15, -0.1) is 0 Å². The lowest BCUT2D eigenvalue weighted by Gasteiger charge is -2.36. The molecule has 0 aromatic rings. The predicted molar refractivity (Wildman–Crippen MR) is 81.0 cm³/mol. The summed E-state index contributed by atoms with van der Waals surface area (Å²) in [5, 5.41) is 2.99. The highest BCUT2D eigenvalue weighted by atomic mass is 32.3. The molecular weight excluding hydrogens is 296 g/mol. The number of nitrogens with zero attached hydrogens (tertiary/aromatic N) is 1.